The Kier molecular flexibility index (Phi) is 5.27. The van der Waals surface area contributed by atoms with Crippen molar-refractivity contribution in [3.8, 4) is 0 Å². The molecule has 2 N–H and O–H groups in total. The van der Waals surface area contributed by atoms with Gasteiger partial charge in [0.05, 0.1) is 12.1 Å². The molecule has 21 heavy (non-hydrogen) atoms. The zero-order valence-electron chi connectivity index (χ0n) is 12.1. The number of halogens is 1. The van der Waals surface area contributed by atoms with E-state index in [1.807, 2.05) is 0 Å². The molecule has 0 unspecified atom stereocenters. The van der Waals surface area contributed by atoms with Crippen LogP contribution < -0.4 is 5.32 Å². The van der Waals surface area contributed by atoms with Crippen LogP contribution in [0.4, 0.5) is 10.1 Å². The third kappa shape index (κ3) is 5.08. The Morgan fingerprint density at radius 1 is 1.38 bits per heavy atom. The smallest absolute Gasteiger partial charge is 0.238 e. The fraction of sp³-hybridized carbons (Fsp3) is 0.533. The van der Waals surface area contributed by atoms with Crippen molar-refractivity contribution in [3.63, 3.8) is 0 Å². The van der Waals surface area contributed by atoms with Gasteiger partial charge in [-0.15, -0.1) is 0 Å². The predicted molar refractivity (Wildman–Crippen MR) is 77.5 cm³/mol. The number of amides is 1. The lowest BCUT2D eigenvalue weighted by Gasteiger charge is -2.35. The second-order valence-corrected chi connectivity index (χ2v) is 5.56. The average Bonchev–Trinajstić information content (AvgIpc) is 2.41. The first-order valence-corrected chi connectivity index (χ1v) is 7.01. The first-order chi connectivity index (χ1) is 9.97. The standard InChI is InChI=1S/C15H21FN2O3/c1-18(11-15(20)6-8-21-9-7-15)10-14(19)17-13-4-2-12(16)3-5-13/h2-5,20H,6-11H2,1H3,(H,17,19). The molecule has 0 aromatic heterocycles. The highest BCUT2D eigenvalue weighted by molar-refractivity contribution is 5.92. The molecule has 2 rings (SSSR count). The summed E-state index contributed by atoms with van der Waals surface area (Å²) in [5.41, 5.74) is -0.233. The molecule has 0 aliphatic carbocycles. The van der Waals surface area contributed by atoms with E-state index in [1.165, 1.54) is 24.3 Å². The maximum Gasteiger partial charge on any atom is 0.238 e. The van der Waals surface area contributed by atoms with Crippen molar-refractivity contribution in [3.05, 3.63) is 30.1 Å². The van der Waals surface area contributed by atoms with Crippen LogP contribution in [0.25, 0.3) is 0 Å². The van der Waals surface area contributed by atoms with E-state index in [-0.39, 0.29) is 18.3 Å². The van der Waals surface area contributed by atoms with Crippen LogP contribution in [0.5, 0.6) is 0 Å². The first-order valence-electron chi connectivity index (χ1n) is 7.01. The van der Waals surface area contributed by atoms with E-state index in [4.69, 9.17) is 4.74 Å². The van der Waals surface area contributed by atoms with Crippen molar-refractivity contribution < 1.29 is 19.0 Å². The van der Waals surface area contributed by atoms with E-state index < -0.39 is 5.60 Å². The Bertz CT molecular complexity index is 472. The molecule has 0 bridgehead atoms. The normalized spacial score (nSPS) is 17.7. The molecule has 1 amide bonds. The number of hydrogen-bond acceptors (Lipinski definition) is 4. The number of aliphatic hydroxyl groups is 1. The lowest BCUT2D eigenvalue weighted by Crippen LogP contribution is -2.47. The van der Waals surface area contributed by atoms with Crippen LogP contribution in [0.15, 0.2) is 24.3 Å². The molecule has 1 aliphatic heterocycles. The van der Waals surface area contributed by atoms with Crippen molar-refractivity contribution in [2.45, 2.75) is 18.4 Å². The average molecular weight is 296 g/mol. The van der Waals surface area contributed by atoms with Crippen molar-refractivity contribution in [1.29, 1.82) is 0 Å². The third-order valence-corrected chi connectivity index (χ3v) is 3.53. The number of benzene rings is 1. The monoisotopic (exact) mass is 296 g/mol. The van der Waals surface area contributed by atoms with Gasteiger partial charge in [-0.25, -0.2) is 4.39 Å². The molecule has 1 aromatic carbocycles. The molecule has 5 nitrogen and oxygen atoms in total. The number of nitrogens with zero attached hydrogens (tertiary/aromatic N) is 1. The minimum Gasteiger partial charge on any atom is -0.388 e. The van der Waals surface area contributed by atoms with Crippen LogP contribution in [0.3, 0.4) is 0 Å². The quantitative estimate of drug-likeness (QED) is 0.858. The molecule has 1 saturated heterocycles. The van der Waals surface area contributed by atoms with Gasteiger partial charge in [0.2, 0.25) is 5.91 Å². The van der Waals surface area contributed by atoms with Gasteiger partial charge in [-0.05, 0) is 31.3 Å². The van der Waals surface area contributed by atoms with E-state index >= 15 is 0 Å². The number of anilines is 1. The molecule has 1 aliphatic rings. The number of ether oxygens (including phenoxy) is 1. The van der Waals surface area contributed by atoms with Crippen molar-refractivity contribution in [1.82, 2.24) is 4.90 Å². The Morgan fingerprint density at radius 2 is 2.00 bits per heavy atom. The summed E-state index contributed by atoms with van der Waals surface area (Å²) in [6.07, 6.45) is 1.16. The Labute approximate surface area is 123 Å². The predicted octanol–water partition coefficient (Wildman–Crippen LogP) is 1.24. The Balaban J connectivity index is 1.80. The highest BCUT2D eigenvalue weighted by Crippen LogP contribution is 2.21. The molecular formula is C15H21FN2O3. The number of hydrogen-bond donors (Lipinski definition) is 2. The second-order valence-electron chi connectivity index (χ2n) is 5.56. The highest BCUT2D eigenvalue weighted by Gasteiger charge is 2.31. The molecule has 0 radical (unpaired) electrons. The Hall–Kier alpha value is -1.50. The topological polar surface area (TPSA) is 61.8 Å². The van der Waals surface area contributed by atoms with E-state index in [2.05, 4.69) is 5.32 Å². The zero-order valence-corrected chi connectivity index (χ0v) is 12.1. The van der Waals surface area contributed by atoms with Crippen LogP contribution in [0.1, 0.15) is 12.8 Å². The van der Waals surface area contributed by atoms with E-state index in [0.29, 0.717) is 38.3 Å². The maximum absolute atomic E-state index is 12.8. The van der Waals surface area contributed by atoms with Gasteiger partial charge in [0.25, 0.3) is 0 Å². The molecule has 0 atom stereocenters. The van der Waals surface area contributed by atoms with Crippen molar-refractivity contribution in [2.75, 3.05) is 38.7 Å². The summed E-state index contributed by atoms with van der Waals surface area (Å²) >= 11 is 0. The van der Waals surface area contributed by atoms with Gasteiger partial charge in [0, 0.05) is 38.3 Å². The van der Waals surface area contributed by atoms with Crippen LogP contribution in [0, 0.1) is 5.82 Å². The summed E-state index contributed by atoms with van der Waals surface area (Å²) in [6, 6.07) is 5.62. The number of rotatable bonds is 5. The van der Waals surface area contributed by atoms with Gasteiger partial charge in [-0.3, -0.25) is 9.69 Å². The largest absolute Gasteiger partial charge is 0.388 e. The van der Waals surface area contributed by atoms with Gasteiger partial charge in [-0.1, -0.05) is 0 Å². The number of carbonyl (C=O) groups excluding carboxylic acids is 1. The van der Waals surface area contributed by atoms with Crippen LogP contribution >= 0.6 is 0 Å². The molecule has 1 aromatic rings. The summed E-state index contributed by atoms with van der Waals surface area (Å²) in [4.78, 5) is 13.7. The molecular weight excluding hydrogens is 275 g/mol. The van der Waals surface area contributed by atoms with E-state index in [0.717, 1.165) is 0 Å². The van der Waals surface area contributed by atoms with Crippen LogP contribution in [-0.4, -0.2) is 54.9 Å². The van der Waals surface area contributed by atoms with Gasteiger partial charge in [0.15, 0.2) is 0 Å². The van der Waals surface area contributed by atoms with Gasteiger partial charge >= 0.3 is 0 Å². The van der Waals surface area contributed by atoms with Crippen molar-refractivity contribution >= 4 is 11.6 Å². The highest BCUT2D eigenvalue weighted by atomic mass is 19.1. The number of nitrogens with one attached hydrogen (secondary N) is 1. The third-order valence-electron chi connectivity index (χ3n) is 3.53. The zero-order chi connectivity index (χ0) is 15.3. The van der Waals surface area contributed by atoms with Gasteiger partial charge < -0.3 is 15.2 Å². The Morgan fingerprint density at radius 3 is 2.62 bits per heavy atom. The van der Waals surface area contributed by atoms with Gasteiger partial charge in [0.1, 0.15) is 5.82 Å². The summed E-state index contributed by atoms with van der Waals surface area (Å²) in [7, 11) is 1.79. The van der Waals surface area contributed by atoms with Crippen LogP contribution in [-0.2, 0) is 9.53 Å². The fourth-order valence-electron chi connectivity index (χ4n) is 2.45. The second kappa shape index (κ2) is 6.98. The van der Waals surface area contributed by atoms with Gasteiger partial charge in [-0.2, -0.15) is 0 Å². The minimum atomic E-state index is -0.789. The van der Waals surface area contributed by atoms with E-state index in [9.17, 15) is 14.3 Å². The minimum absolute atomic E-state index is 0.167. The fourth-order valence-corrected chi connectivity index (χ4v) is 2.45. The number of carbonyl (C=O) groups is 1. The lowest BCUT2D eigenvalue weighted by molar-refractivity contribution is -0.118. The molecule has 1 fully saturated rings. The molecule has 0 spiro atoms. The molecule has 0 saturated carbocycles. The summed E-state index contributed by atoms with van der Waals surface area (Å²) in [5, 5.41) is 13.1. The first kappa shape index (κ1) is 15.9. The molecule has 116 valence electrons. The SMILES string of the molecule is CN(CC(=O)Nc1ccc(F)cc1)CC1(O)CCOCC1. The maximum atomic E-state index is 12.8. The summed E-state index contributed by atoms with van der Waals surface area (Å²) in [6.45, 7) is 1.69. The summed E-state index contributed by atoms with van der Waals surface area (Å²) < 4.78 is 18.0. The van der Waals surface area contributed by atoms with Crippen molar-refractivity contribution in [2.24, 2.45) is 0 Å². The molecule has 1 heterocycles. The summed E-state index contributed by atoms with van der Waals surface area (Å²) in [5.74, 6) is -0.536. The number of likely N-dealkylation sites (N-methyl/N-ethyl adjacent to an activating group) is 1. The lowest BCUT2D eigenvalue weighted by atomic mass is 9.94. The van der Waals surface area contributed by atoms with Crippen LogP contribution in [0.2, 0.25) is 0 Å². The molecule has 6 heteroatoms. The van der Waals surface area contributed by atoms with E-state index in [1.54, 1.807) is 11.9 Å².